The highest BCUT2D eigenvalue weighted by Gasteiger charge is 2.65. The van der Waals surface area contributed by atoms with E-state index in [0.717, 1.165) is 12.8 Å². The van der Waals surface area contributed by atoms with E-state index in [1.54, 1.807) is 6.26 Å². The van der Waals surface area contributed by atoms with E-state index < -0.39 is 30.6 Å². The summed E-state index contributed by atoms with van der Waals surface area (Å²) in [5.74, 6) is 0.231. The highest BCUT2D eigenvalue weighted by molar-refractivity contribution is 8.33. The molecule has 5 nitrogen and oxygen atoms in total. The molecule has 2 aliphatic carbocycles. The summed E-state index contributed by atoms with van der Waals surface area (Å²) in [5, 5.41) is 0. The predicted octanol–water partition coefficient (Wildman–Crippen LogP) is 4.25. The molecule has 2 saturated carbocycles. The average Bonchev–Trinajstić information content (AvgIpc) is 2.78. The van der Waals surface area contributed by atoms with Crippen LogP contribution in [0.25, 0.3) is 0 Å². The van der Waals surface area contributed by atoms with Gasteiger partial charge in [-0.3, -0.25) is 9.59 Å². The third kappa shape index (κ3) is 4.01. The highest BCUT2D eigenvalue weighted by atomic mass is 32.3. The summed E-state index contributed by atoms with van der Waals surface area (Å²) in [6.45, 7) is 11.7. The molecule has 0 aromatic heterocycles. The zero-order chi connectivity index (χ0) is 20.9. The molecule has 0 amide bonds. The van der Waals surface area contributed by atoms with Crippen molar-refractivity contribution >= 4 is 32.0 Å². The van der Waals surface area contributed by atoms with Crippen LogP contribution < -0.4 is 0 Å². The highest BCUT2D eigenvalue weighted by Crippen LogP contribution is 2.65. The van der Waals surface area contributed by atoms with Crippen LogP contribution in [0.4, 0.5) is 0 Å². The van der Waals surface area contributed by atoms with Crippen molar-refractivity contribution in [1.29, 1.82) is 0 Å². The molecule has 0 heterocycles. The van der Waals surface area contributed by atoms with E-state index in [1.807, 2.05) is 41.5 Å². The van der Waals surface area contributed by atoms with Crippen LogP contribution >= 0.6 is 10.3 Å². The Morgan fingerprint density at radius 2 is 1.85 bits per heavy atom. The molecule has 27 heavy (non-hydrogen) atoms. The molecule has 0 radical (unpaired) electrons. The SMILES string of the molecule is CCCC(=O)CS(C)(OS(=O)(=O)CC12CCC(CC1=O)C2(C)C)C(C)(C)C. The van der Waals surface area contributed by atoms with Gasteiger partial charge in [0.2, 0.25) is 0 Å². The Labute approximate surface area is 166 Å². The predicted molar refractivity (Wildman–Crippen MR) is 111 cm³/mol. The van der Waals surface area contributed by atoms with E-state index in [-0.39, 0.29) is 34.4 Å². The maximum atomic E-state index is 13.1. The largest absolute Gasteiger partial charge is 0.299 e. The Bertz CT molecular complexity index is 719. The molecule has 2 aliphatic rings. The Morgan fingerprint density at radius 3 is 2.26 bits per heavy atom. The molecule has 2 fully saturated rings. The van der Waals surface area contributed by atoms with E-state index >= 15 is 0 Å². The number of rotatable bonds is 8. The first-order valence-corrected chi connectivity index (χ1v) is 13.6. The summed E-state index contributed by atoms with van der Waals surface area (Å²) >= 11 is 0. The van der Waals surface area contributed by atoms with Crippen molar-refractivity contribution in [2.45, 2.75) is 78.4 Å². The zero-order valence-electron chi connectivity index (χ0n) is 17.9. The van der Waals surface area contributed by atoms with Crippen molar-refractivity contribution in [3.8, 4) is 0 Å². The first-order chi connectivity index (χ1) is 12.1. The third-order valence-electron chi connectivity index (χ3n) is 7.08. The first kappa shape index (κ1) is 22.9. The number of fused-ring (bicyclic) bond motifs is 2. The number of ketones is 2. The minimum absolute atomic E-state index is 0.0384. The second-order valence-electron chi connectivity index (χ2n) is 9.99. The summed E-state index contributed by atoms with van der Waals surface area (Å²) < 4.78 is 31.7. The Morgan fingerprint density at radius 1 is 1.26 bits per heavy atom. The van der Waals surface area contributed by atoms with Crippen molar-refractivity contribution in [3.05, 3.63) is 0 Å². The second kappa shape index (κ2) is 7.13. The van der Waals surface area contributed by atoms with Crippen LogP contribution in [0, 0.1) is 16.7 Å². The van der Waals surface area contributed by atoms with Gasteiger partial charge in [0.05, 0.1) is 16.9 Å². The van der Waals surface area contributed by atoms with Crippen molar-refractivity contribution in [2.24, 2.45) is 16.7 Å². The summed E-state index contributed by atoms with van der Waals surface area (Å²) in [6.07, 6.45) is 4.93. The number of Topliss-reactive ketones (excluding diaryl/α,β-unsaturated/α-hetero) is 2. The number of carbonyl (C=O) groups is 2. The Kier molecular flexibility index (Phi) is 6.05. The fourth-order valence-corrected chi connectivity index (χ4v) is 10.2. The maximum absolute atomic E-state index is 13.1. The van der Waals surface area contributed by atoms with E-state index in [1.165, 1.54) is 0 Å². The lowest BCUT2D eigenvalue weighted by Crippen LogP contribution is -2.43. The molecule has 3 unspecified atom stereocenters. The van der Waals surface area contributed by atoms with Gasteiger partial charge in [-0.05, 0) is 36.9 Å². The number of hydrogen-bond donors (Lipinski definition) is 0. The third-order valence-corrected chi connectivity index (χ3v) is 13.4. The minimum Gasteiger partial charge on any atom is -0.299 e. The van der Waals surface area contributed by atoms with Crippen LogP contribution in [0.1, 0.15) is 73.6 Å². The van der Waals surface area contributed by atoms with E-state index in [4.69, 9.17) is 3.63 Å². The lowest BCUT2D eigenvalue weighted by atomic mass is 9.70. The van der Waals surface area contributed by atoms with E-state index in [9.17, 15) is 18.0 Å². The molecule has 0 aromatic carbocycles. The monoisotopic (exact) mass is 420 g/mol. The second-order valence-corrected chi connectivity index (χ2v) is 15.5. The van der Waals surface area contributed by atoms with Crippen LogP contribution in [-0.4, -0.2) is 42.5 Å². The normalized spacial score (nSPS) is 30.9. The van der Waals surface area contributed by atoms with Crippen molar-refractivity contribution in [3.63, 3.8) is 0 Å². The molecular formula is C20H36O5S2. The van der Waals surface area contributed by atoms with Gasteiger partial charge in [0, 0.05) is 17.6 Å². The van der Waals surface area contributed by atoms with Crippen LogP contribution in [0.3, 0.4) is 0 Å². The van der Waals surface area contributed by atoms with Crippen molar-refractivity contribution in [2.75, 3.05) is 17.8 Å². The topological polar surface area (TPSA) is 77.5 Å². The lowest BCUT2D eigenvalue weighted by Gasteiger charge is -2.46. The summed E-state index contributed by atoms with van der Waals surface area (Å²) in [5.41, 5.74) is -1.17. The van der Waals surface area contributed by atoms with Gasteiger partial charge in [0.1, 0.15) is 11.6 Å². The number of carbonyl (C=O) groups excluding carboxylic acids is 2. The van der Waals surface area contributed by atoms with Gasteiger partial charge in [-0.1, -0.05) is 41.5 Å². The summed E-state index contributed by atoms with van der Waals surface area (Å²) in [7, 11) is -6.15. The molecule has 0 spiro atoms. The summed E-state index contributed by atoms with van der Waals surface area (Å²) in [6, 6.07) is 0. The Hall–Kier alpha value is -0.400. The van der Waals surface area contributed by atoms with Gasteiger partial charge >= 0.3 is 0 Å². The quantitative estimate of drug-likeness (QED) is 0.587. The molecule has 2 bridgehead atoms. The van der Waals surface area contributed by atoms with E-state index in [0.29, 0.717) is 19.3 Å². The molecule has 158 valence electrons. The molecule has 0 N–H and O–H groups in total. The Balaban J connectivity index is 2.30. The van der Waals surface area contributed by atoms with Gasteiger partial charge in [-0.2, -0.15) is 8.42 Å². The van der Waals surface area contributed by atoms with Crippen LogP contribution in [-0.2, 0) is 23.3 Å². The molecule has 2 rings (SSSR count). The van der Waals surface area contributed by atoms with Crippen molar-refractivity contribution < 1.29 is 21.6 Å². The standard InChI is InChI=1S/C20H36O5S2/c1-8-9-16(21)13-26(7,18(2,3)4)25-27(23,24)14-20-11-10-15(12-17(20)22)19(20,5)6/h15H,8-14H2,1-7H3. The van der Waals surface area contributed by atoms with Gasteiger partial charge in [-0.15, -0.1) is 10.3 Å². The number of hydrogen-bond acceptors (Lipinski definition) is 5. The fraction of sp³-hybridized carbons (Fsp3) is 0.900. The van der Waals surface area contributed by atoms with Gasteiger partial charge < -0.3 is 0 Å². The van der Waals surface area contributed by atoms with E-state index in [2.05, 4.69) is 0 Å². The smallest absolute Gasteiger partial charge is 0.277 e. The van der Waals surface area contributed by atoms with Gasteiger partial charge in [-0.25, -0.2) is 3.63 Å². The average molecular weight is 421 g/mol. The van der Waals surface area contributed by atoms with Gasteiger partial charge in [0.25, 0.3) is 10.1 Å². The maximum Gasteiger partial charge on any atom is 0.277 e. The minimum atomic E-state index is -3.95. The molecule has 0 aromatic rings. The summed E-state index contributed by atoms with van der Waals surface area (Å²) in [4.78, 5) is 25.0. The zero-order valence-corrected chi connectivity index (χ0v) is 19.5. The van der Waals surface area contributed by atoms with Gasteiger partial charge in [0.15, 0.2) is 0 Å². The molecule has 3 atom stereocenters. The molecule has 7 heteroatoms. The molecular weight excluding hydrogens is 384 g/mol. The molecule has 0 aliphatic heterocycles. The van der Waals surface area contributed by atoms with Crippen LogP contribution in [0.5, 0.6) is 0 Å². The fourth-order valence-electron chi connectivity index (χ4n) is 4.66. The van der Waals surface area contributed by atoms with Crippen LogP contribution in [0.2, 0.25) is 0 Å². The lowest BCUT2D eigenvalue weighted by molar-refractivity contribution is -0.128. The molecule has 0 saturated heterocycles. The van der Waals surface area contributed by atoms with Crippen molar-refractivity contribution in [1.82, 2.24) is 0 Å². The van der Waals surface area contributed by atoms with Crippen LogP contribution in [0.15, 0.2) is 0 Å². The first-order valence-electron chi connectivity index (χ1n) is 9.84.